The van der Waals surface area contributed by atoms with Crippen LogP contribution in [0, 0.1) is 0 Å². The molecule has 8 nitrogen and oxygen atoms in total. The molecule has 31 heavy (non-hydrogen) atoms. The van der Waals surface area contributed by atoms with Gasteiger partial charge in [-0.2, -0.15) is 0 Å². The van der Waals surface area contributed by atoms with Gasteiger partial charge in [0.25, 0.3) is 5.91 Å². The highest BCUT2D eigenvalue weighted by molar-refractivity contribution is 6.33. The summed E-state index contributed by atoms with van der Waals surface area (Å²) in [6.45, 7) is 2.15. The number of carbonyl (C=O) groups excluding carboxylic acids is 2. The average Bonchev–Trinajstić information content (AvgIpc) is 2.75. The van der Waals surface area contributed by atoms with Crippen molar-refractivity contribution in [2.45, 2.75) is 19.8 Å². The molecule has 4 N–H and O–H groups in total. The van der Waals surface area contributed by atoms with Crippen molar-refractivity contribution >= 4 is 46.5 Å². The molecule has 0 fully saturated rings. The Labute approximate surface area is 184 Å². The van der Waals surface area contributed by atoms with E-state index in [9.17, 15) is 9.59 Å². The molecule has 1 aromatic carbocycles. The Morgan fingerprint density at radius 2 is 1.81 bits per heavy atom. The zero-order valence-electron chi connectivity index (χ0n) is 16.9. The Hall–Kier alpha value is -3.65. The molecule has 0 aliphatic rings. The van der Waals surface area contributed by atoms with Crippen LogP contribution in [0.25, 0.3) is 0 Å². The summed E-state index contributed by atoms with van der Waals surface area (Å²) in [4.78, 5) is 31.9. The molecule has 9 heteroatoms. The zero-order chi connectivity index (χ0) is 22.2. The number of carbonyl (C=O) groups is 2. The first kappa shape index (κ1) is 22.0. The Bertz CT molecular complexity index is 1070. The highest BCUT2D eigenvalue weighted by Crippen LogP contribution is 2.28. The van der Waals surface area contributed by atoms with Crippen molar-refractivity contribution < 1.29 is 14.3 Å². The molecular weight excluding hydrogens is 418 g/mol. The molecule has 0 saturated heterocycles. The van der Waals surface area contributed by atoms with Crippen molar-refractivity contribution in [3.8, 4) is 0 Å². The number of para-hydroxylation sites is 1. The molecule has 0 atom stereocenters. The molecule has 2 heterocycles. The number of anilines is 4. The summed E-state index contributed by atoms with van der Waals surface area (Å²) in [5.74, 6) is 0.175. The van der Waals surface area contributed by atoms with Crippen molar-refractivity contribution in [1.82, 2.24) is 9.97 Å². The fourth-order valence-corrected chi connectivity index (χ4v) is 2.97. The maximum atomic E-state index is 11.8. The summed E-state index contributed by atoms with van der Waals surface area (Å²) < 4.78 is 4.93. The molecule has 0 bridgehead atoms. The third-order valence-corrected chi connectivity index (χ3v) is 4.65. The summed E-state index contributed by atoms with van der Waals surface area (Å²) in [6, 6.07) is 12.5. The monoisotopic (exact) mass is 439 g/mol. The number of halogens is 1. The summed E-state index contributed by atoms with van der Waals surface area (Å²) in [7, 11) is 0. The smallest absolute Gasteiger partial charge is 0.306 e. The fourth-order valence-electron chi connectivity index (χ4n) is 2.79. The Morgan fingerprint density at radius 3 is 2.48 bits per heavy atom. The first-order valence-corrected chi connectivity index (χ1v) is 10.0. The van der Waals surface area contributed by atoms with Gasteiger partial charge in [0.15, 0.2) is 0 Å². The summed E-state index contributed by atoms with van der Waals surface area (Å²) in [6.07, 6.45) is 3.92. The molecule has 2 aromatic heterocycles. The largest absolute Gasteiger partial charge is 0.466 e. The summed E-state index contributed by atoms with van der Waals surface area (Å²) >= 11 is 6.20. The first-order chi connectivity index (χ1) is 15.0. The van der Waals surface area contributed by atoms with Crippen LogP contribution in [0.5, 0.6) is 0 Å². The molecule has 1 amide bonds. The van der Waals surface area contributed by atoms with Crippen LogP contribution in [0.3, 0.4) is 0 Å². The van der Waals surface area contributed by atoms with E-state index >= 15 is 0 Å². The second-order valence-electron chi connectivity index (χ2n) is 6.57. The number of nitrogens with two attached hydrogens (primary N) is 1. The normalized spacial score (nSPS) is 10.4. The number of nitrogens with zero attached hydrogens (tertiary/aromatic N) is 2. The fraction of sp³-hybridized carbons (Fsp3) is 0.182. The number of primary amides is 1. The number of nitrogens with one attached hydrogen (secondary N) is 2. The minimum Gasteiger partial charge on any atom is -0.466 e. The number of ether oxygens (including phenoxy) is 1. The van der Waals surface area contributed by atoms with Gasteiger partial charge in [-0.3, -0.25) is 9.59 Å². The second kappa shape index (κ2) is 10.4. The van der Waals surface area contributed by atoms with Gasteiger partial charge >= 0.3 is 5.97 Å². The number of pyridine rings is 2. The Kier molecular flexibility index (Phi) is 7.40. The van der Waals surface area contributed by atoms with Gasteiger partial charge in [0.2, 0.25) is 0 Å². The van der Waals surface area contributed by atoms with Crippen LogP contribution < -0.4 is 16.4 Å². The molecule has 3 rings (SSSR count). The lowest BCUT2D eigenvalue weighted by Crippen LogP contribution is -2.14. The number of aryl methyl sites for hydroxylation is 1. The number of rotatable bonds is 9. The van der Waals surface area contributed by atoms with Gasteiger partial charge in [0.05, 0.1) is 28.6 Å². The number of benzene rings is 1. The third kappa shape index (κ3) is 6.16. The molecule has 0 unspecified atom stereocenters. The molecular formula is C22H22ClN5O3. The minimum absolute atomic E-state index is 0.229. The standard InChI is InChI=1S/C22H22ClN5O3/c1-2-31-21(29)10-8-14-7-9-19(25-12-14)28-20-11-18(15(13-26-20)22(24)30)27-17-6-4-3-5-16(17)23/h3-7,9,11-13H,2,8,10H2,1H3,(H2,24,30)(H2,25,26,27,28). The molecule has 0 saturated carbocycles. The van der Waals surface area contributed by atoms with E-state index in [1.165, 1.54) is 6.20 Å². The summed E-state index contributed by atoms with van der Waals surface area (Å²) in [5, 5.41) is 6.71. The SMILES string of the molecule is CCOC(=O)CCc1ccc(Nc2cc(Nc3ccccc3Cl)c(C(N)=O)cn2)nc1. The number of amides is 1. The van der Waals surface area contributed by atoms with Gasteiger partial charge in [-0.25, -0.2) is 9.97 Å². The van der Waals surface area contributed by atoms with Crippen LogP contribution in [0.15, 0.2) is 54.9 Å². The maximum Gasteiger partial charge on any atom is 0.306 e. The number of esters is 1. The molecule has 0 aliphatic heterocycles. The van der Waals surface area contributed by atoms with Gasteiger partial charge in [-0.15, -0.1) is 0 Å². The van der Waals surface area contributed by atoms with E-state index in [0.29, 0.717) is 47.5 Å². The third-order valence-electron chi connectivity index (χ3n) is 4.32. The van der Waals surface area contributed by atoms with E-state index in [0.717, 1.165) is 5.56 Å². The predicted molar refractivity (Wildman–Crippen MR) is 120 cm³/mol. The number of aromatic nitrogens is 2. The van der Waals surface area contributed by atoms with Crippen LogP contribution in [-0.4, -0.2) is 28.5 Å². The molecule has 160 valence electrons. The molecule has 3 aromatic rings. The van der Waals surface area contributed by atoms with E-state index in [-0.39, 0.29) is 11.5 Å². The average molecular weight is 440 g/mol. The maximum absolute atomic E-state index is 11.8. The van der Waals surface area contributed by atoms with Crippen LogP contribution >= 0.6 is 11.6 Å². The van der Waals surface area contributed by atoms with E-state index in [4.69, 9.17) is 22.1 Å². The topological polar surface area (TPSA) is 119 Å². The lowest BCUT2D eigenvalue weighted by molar-refractivity contribution is -0.143. The van der Waals surface area contributed by atoms with E-state index < -0.39 is 5.91 Å². The predicted octanol–water partition coefficient (Wildman–Crippen LogP) is 4.21. The van der Waals surface area contributed by atoms with Crippen molar-refractivity contribution in [3.05, 3.63) is 71.0 Å². The quantitative estimate of drug-likeness (QED) is 0.427. The van der Waals surface area contributed by atoms with Crippen LogP contribution in [-0.2, 0) is 16.0 Å². The van der Waals surface area contributed by atoms with E-state index in [1.54, 1.807) is 37.4 Å². The van der Waals surface area contributed by atoms with Crippen molar-refractivity contribution in [2.24, 2.45) is 5.73 Å². The van der Waals surface area contributed by atoms with E-state index in [1.807, 2.05) is 18.2 Å². The molecule has 0 spiro atoms. The van der Waals surface area contributed by atoms with Crippen LogP contribution in [0.1, 0.15) is 29.3 Å². The highest BCUT2D eigenvalue weighted by atomic mass is 35.5. The van der Waals surface area contributed by atoms with Crippen molar-refractivity contribution in [3.63, 3.8) is 0 Å². The van der Waals surface area contributed by atoms with E-state index in [2.05, 4.69) is 20.6 Å². The summed E-state index contributed by atoms with van der Waals surface area (Å²) in [5.41, 5.74) is 7.71. The minimum atomic E-state index is -0.613. The highest BCUT2D eigenvalue weighted by Gasteiger charge is 2.12. The van der Waals surface area contributed by atoms with Crippen LogP contribution in [0.2, 0.25) is 5.02 Å². The second-order valence-corrected chi connectivity index (χ2v) is 6.97. The first-order valence-electron chi connectivity index (χ1n) is 9.65. The molecule has 0 radical (unpaired) electrons. The Balaban J connectivity index is 1.73. The van der Waals surface area contributed by atoms with Gasteiger partial charge in [-0.1, -0.05) is 29.8 Å². The van der Waals surface area contributed by atoms with Crippen molar-refractivity contribution in [1.29, 1.82) is 0 Å². The lowest BCUT2D eigenvalue weighted by Gasteiger charge is -2.13. The molecule has 0 aliphatic carbocycles. The van der Waals surface area contributed by atoms with Gasteiger partial charge < -0.3 is 21.1 Å². The van der Waals surface area contributed by atoms with Gasteiger partial charge in [-0.05, 0) is 37.1 Å². The number of hydrogen-bond acceptors (Lipinski definition) is 7. The van der Waals surface area contributed by atoms with Crippen LogP contribution in [0.4, 0.5) is 23.0 Å². The lowest BCUT2D eigenvalue weighted by atomic mass is 10.1. The van der Waals surface area contributed by atoms with Gasteiger partial charge in [0.1, 0.15) is 11.6 Å². The van der Waals surface area contributed by atoms with Crippen molar-refractivity contribution in [2.75, 3.05) is 17.2 Å². The number of hydrogen-bond donors (Lipinski definition) is 3. The van der Waals surface area contributed by atoms with Gasteiger partial charge in [0, 0.05) is 24.9 Å². The zero-order valence-corrected chi connectivity index (χ0v) is 17.6. The Morgan fingerprint density at radius 1 is 1.03 bits per heavy atom.